The number of carbonyl (C=O) groups is 13. The molecule has 4 heterocycles. The van der Waals surface area contributed by atoms with Crippen molar-refractivity contribution in [2.45, 2.75) is 177 Å². The van der Waals surface area contributed by atoms with E-state index in [1.165, 1.54) is 33.3 Å². The van der Waals surface area contributed by atoms with E-state index in [4.69, 9.17) is 19.9 Å². The number of nitrogens with two attached hydrogens (primary N) is 1. The van der Waals surface area contributed by atoms with Gasteiger partial charge in [0.15, 0.2) is 0 Å². The molecular formula is C76H119N15O18S2. The highest BCUT2D eigenvalue weighted by atomic mass is 32.2. The summed E-state index contributed by atoms with van der Waals surface area (Å²) in [6.07, 6.45) is 2.29. The Kier molecular flexibility index (Phi) is 42.7. The summed E-state index contributed by atoms with van der Waals surface area (Å²) in [6.45, 7) is 14.5. The van der Waals surface area contributed by atoms with Crippen LogP contribution < -0.4 is 58.9 Å². The Bertz CT molecular complexity index is 3310. The number of nitrogens with one attached hydrogen (secondary N) is 10. The lowest BCUT2D eigenvalue weighted by molar-refractivity contribution is -0.148. The Balaban J connectivity index is 0.981. The van der Waals surface area contributed by atoms with Crippen molar-refractivity contribution in [1.82, 2.24) is 72.8 Å². The lowest BCUT2D eigenvalue weighted by Crippen LogP contribution is -2.60. The highest BCUT2D eigenvalue weighted by molar-refractivity contribution is 7.98. The summed E-state index contributed by atoms with van der Waals surface area (Å²) in [6, 6.07) is 5.98. The molecule has 1 unspecified atom stereocenters. The van der Waals surface area contributed by atoms with Gasteiger partial charge in [0.2, 0.25) is 65.0 Å². The normalized spacial score (nSPS) is 21.4. The first-order chi connectivity index (χ1) is 53.6. The number of fused-ring (bicyclic) bond motifs is 4. The zero-order valence-corrected chi connectivity index (χ0v) is 66.2. The maximum Gasteiger partial charge on any atom is 0.327 e. The molecule has 4 aliphatic rings. The average Bonchev–Trinajstić information content (AvgIpc) is 1.65. The SMILES string of the molecule is CCCC[C@H](NC(=O)CCC(=O)NCCCOCCOCCOCCCNC(=O)CN1CCN(C(=O)C(CNCC)CNCCN)CC1)C(=O)N[C@H]1CSCc2cccc(c2)CSC[C@@H](C(=O)O)NC(=O)[C@H](Cc2ccccc2)NC(=O)[C@H](CCC(=O)O)NC(=O)[C@H](CC)NC(=O)[C@@H]2CCCN2C(=O)[C@@H]2CCCN2C1=O. The van der Waals surface area contributed by atoms with E-state index >= 15 is 4.79 Å². The van der Waals surface area contributed by atoms with E-state index in [2.05, 4.69) is 58.1 Å². The Morgan fingerprint density at radius 2 is 1.19 bits per heavy atom. The fraction of sp³-hybridized carbons (Fsp3) is 0.671. The third kappa shape index (κ3) is 33.3. The maximum atomic E-state index is 15.1. The van der Waals surface area contributed by atoms with E-state index in [1.807, 2.05) is 43.0 Å². The van der Waals surface area contributed by atoms with Gasteiger partial charge in [0.05, 0.1) is 38.9 Å². The third-order valence-electron chi connectivity index (χ3n) is 19.4. The first-order valence-corrected chi connectivity index (χ1v) is 41.5. The van der Waals surface area contributed by atoms with Crippen molar-refractivity contribution >= 4 is 100 Å². The molecule has 111 heavy (non-hydrogen) atoms. The van der Waals surface area contributed by atoms with Crippen LogP contribution in [0.4, 0.5) is 0 Å². The molecule has 0 saturated carbocycles. The van der Waals surface area contributed by atoms with Crippen molar-refractivity contribution in [3.8, 4) is 0 Å². The van der Waals surface area contributed by atoms with E-state index in [9.17, 15) is 67.7 Å². The number of hydrogen-bond acceptors (Lipinski definition) is 22. The summed E-state index contributed by atoms with van der Waals surface area (Å²) < 4.78 is 16.9. The van der Waals surface area contributed by atoms with Gasteiger partial charge in [-0.1, -0.05) is 88.2 Å². The number of amides is 11. The van der Waals surface area contributed by atoms with Gasteiger partial charge in [-0.2, -0.15) is 23.5 Å². The zero-order valence-electron chi connectivity index (χ0n) is 64.6. The van der Waals surface area contributed by atoms with Crippen molar-refractivity contribution < 1.29 is 86.8 Å². The topological polar surface area (TPSA) is 449 Å². The van der Waals surface area contributed by atoms with Crippen molar-refractivity contribution in [1.29, 1.82) is 0 Å². The molecule has 2 aromatic carbocycles. The zero-order chi connectivity index (χ0) is 80.3. The van der Waals surface area contributed by atoms with Gasteiger partial charge in [0, 0.05) is 140 Å². The number of hydrogen-bond donors (Lipinski definition) is 13. The van der Waals surface area contributed by atoms with Crippen LogP contribution in [-0.2, 0) is 94.5 Å². The fourth-order valence-corrected chi connectivity index (χ4v) is 15.2. The number of thioether (sulfide) groups is 2. The summed E-state index contributed by atoms with van der Waals surface area (Å²) in [7, 11) is 0. The molecule has 11 amide bonds. The first-order valence-electron chi connectivity index (χ1n) is 39.2. The van der Waals surface area contributed by atoms with Gasteiger partial charge in [-0.05, 0) is 81.0 Å². The lowest BCUT2D eigenvalue weighted by Gasteiger charge is -2.36. The second-order valence-corrected chi connectivity index (χ2v) is 30.1. The highest BCUT2D eigenvalue weighted by Crippen LogP contribution is 2.28. The Morgan fingerprint density at radius 1 is 0.604 bits per heavy atom. The lowest BCUT2D eigenvalue weighted by atomic mass is 10.0. The number of piperazine rings is 1. The molecule has 6 rings (SSSR count). The van der Waals surface area contributed by atoms with Crippen LogP contribution in [0.3, 0.4) is 0 Å². The van der Waals surface area contributed by atoms with Gasteiger partial charge < -0.3 is 98.0 Å². The van der Waals surface area contributed by atoms with Crippen molar-refractivity contribution in [2.24, 2.45) is 11.7 Å². The van der Waals surface area contributed by atoms with Crippen LogP contribution in [0.25, 0.3) is 0 Å². The number of rotatable bonds is 40. The van der Waals surface area contributed by atoms with Gasteiger partial charge in [0.1, 0.15) is 48.3 Å². The molecule has 0 radical (unpaired) electrons. The number of carboxylic acid groups (broad SMARTS) is 2. The number of nitrogens with zero attached hydrogens (tertiary/aromatic N) is 4. The molecule has 2 aromatic rings. The Morgan fingerprint density at radius 3 is 1.82 bits per heavy atom. The van der Waals surface area contributed by atoms with E-state index in [0.717, 1.165) is 17.7 Å². The molecule has 14 N–H and O–H groups in total. The number of unbranched alkanes of at least 4 members (excludes halogenated alkanes) is 1. The number of benzene rings is 2. The molecule has 2 bridgehead atoms. The summed E-state index contributed by atoms with van der Waals surface area (Å²) in [5.74, 6) is -8.16. The number of carboxylic acids is 2. The second-order valence-electron chi connectivity index (χ2n) is 28.0. The molecule has 0 aliphatic carbocycles. The average molecular weight is 1600 g/mol. The van der Waals surface area contributed by atoms with Crippen LogP contribution in [-0.4, -0.2) is 298 Å². The molecule has 3 saturated heterocycles. The maximum absolute atomic E-state index is 15.1. The Labute approximate surface area is 659 Å². The number of aliphatic carboxylic acids is 2. The van der Waals surface area contributed by atoms with E-state index in [1.54, 1.807) is 37.3 Å². The molecule has 33 nitrogen and oxygen atoms in total. The third-order valence-corrected chi connectivity index (χ3v) is 21.6. The van der Waals surface area contributed by atoms with Crippen LogP contribution in [0.15, 0.2) is 54.6 Å². The summed E-state index contributed by atoms with van der Waals surface area (Å²) in [5.41, 5.74) is 7.84. The van der Waals surface area contributed by atoms with Gasteiger partial charge in [-0.15, -0.1) is 0 Å². The monoisotopic (exact) mass is 1590 g/mol. The van der Waals surface area contributed by atoms with Crippen LogP contribution in [0.5, 0.6) is 0 Å². The quantitative estimate of drug-likeness (QED) is 0.0378. The molecule has 4 aliphatic heterocycles. The van der Waals surface area contributed by atoms with Gasteiger partial charge in [-0.3, -0.25) is 62.4 Å². The molecule has 618 valence electrons. The fourth-order valence-electron chi connectivity index (χ4n) is 13.2. The minimum atomic E-state index is -1.54. The highest BCUT2D eigenvalue weighted by Gasteiger charge is 2.45. The van der Waals surface area contributed by atoms with E-state index in [0.29, 0.717) is 154 Å². The van der Waals surface area contributed by atoms with Crippen LogP contribution >= 0.6 is 23.5 Å². The van der Waals surface area contributed by atoms with Gasteiger partial charge in [-0.25, -0.2) is 4.79 Å². The van der Waals surface area contributed by atoms with Crippen molar-refractivity contribution in [3.05, 3.63) is 71.3 Å². The first kappa shape index (κ1) is 91.8. The molecular weight excluding hydrogens is 1480 g/mol. The summed E-state index contributed by atoms with van der Waals surface area (Å²) in [4.78, 5) is 185. The van der Waals surface area contributed by atoms with Gasteiger partial charge in [0.25, 0.3) is 0 Å². The van der Waals surface area contributed by atoms with E-state index in [-0.39, 0.29) is 106 Å². The van der Waals surface area contributed by atoms with Crippen molar-refractivity contribution in [3.63, 3.8) is 0 Å². The second kappa shape index (κ2) is 51.6. The number of carbonyl (C=O) groups excluding carboxylic acids is 11. The molecule has 35 heteroatoms. The minimum absolute atomic E-state index is 0.00584. The summed E-state index contributed by atoms with van der Waals surface area (Å²) >= 11 is 2.56. The molecule has 3 fully saturated rings. The smallest absolute Gasteiger partial charge is 0.327 e. The predicted molar refractivity (Wildman–Crippen MR) is 418 cm³/mol. The predicted octanol–water partition coefficient (Wildman–Crippen LogP) is -0.390. The van der Waals surface area contributed by atoms with Crippen LogP contribution in [0.2, 0.25) is 0 Å². The molecule has 0 spiro atoms. The minimum Gasteiger partial charge on any atom is -0.481 e. The standard InChI is InChI=1S/C76H119N15O18S2/c1-4-7-20-57(82-65(93)25-24-64(92)80-28-14-37-107-39-41-109-42-40-108-38-15-29-81-66(94)47-88-33-35-89(36-34-88)73(102)55(45-78-6-3)46-79-30-27-77)69(98)86-60-50-110-48-53-18-11-19-54(43-53)49-111-51-61(76(105)106)87-71(100)59(44-52-16-9-8-10-17-52)85-70(99)58(23-26-67(95)96)84-68(97)56(5-2)83-72(101)62-21-12-31-90(62)75(104)63-22-13-32-91(63)74(60)103/h8-11,16-19,43,55-63,78-79H,4-7,12-15,20-42,44-51,77H2,1-3H3,(H,80,92)(H,81,94)(H,82,93)(H,83,101)(H,84,97)(H,85,99)(H,86,98)(H,87,100)(H,95,96)(H,105,106)/t55?,56-,57-,58-,59-,60-,61-,62-,63-/m0/s1. The van der Waals surface area contributed by atoms with Crippen molar-refractivity contribution in [2.75, 3.05) is 143 Å². The summed E-state index contributed by atoms with van der Waals surface area (Å²) in [5, 5.41) is 48.5. The van der Waals surface area contributed by atoms with Crippen LogP contribution in [0.1, 0.15) is 127 Å². The van der Waals surface area contributed by atoms with Crippen LogP contribution in [0, 0.1) is 5.92 Å². The largest absolute Gasteiger partial charge is 0.481 e. The number of ether oxygens (including phenoxy) is 3. The Hall–Kier alpha value is -8.03. The molecule has 0 aromatic heterocycles. The van der Waals surface area contributed by atoms with Gasteiger partial charge >= 0.3 is 11.9 Å². The molecule has 9 atom stereocenters. The van der Waals surface area contributed by atoms with E-state index < -0.39 is 120 Å².